The zero-order chi connectivity index (χ0) is 12.3. The third-order valence-electron chi connectivity index (χ3n) is 2.17. The highest BCUT2D eigenvalue weighted by atomic mass is 35.5. The van der Waals surface area contributed by atoms with E-state index >= 15 is 0 Å². The van der Waals surface area contributed by atoms with Crippen LogP contribution >= 0.6 is 23.2 Å². The summed E-state index contributed by atoms with van der Waals surface area (Å²) in [6.07, 6.45) is 0. The second kappa shape index (κ2) is 5.55. The maximum atomic E-state index is 12.0. The Bertz CT molecular complexity index is 391. The van der Waals surface area contributed by atoms with E-state index in [1.54, 1.807) is 30.1 Å². The number of carbonyl (C=O) groups is 1. The molecule has 0 aliphatic heterocycles. The lowest BCUT2D eigenvalue weighted by Crippen LogP contribution is -2.30. The normalized spacial score (nSPS) is 10.6. The molecule has 1 aromatic rings. The molecule has 1 amide bonds. The Kier molecular flexibility index (Phi) is 4.63. The molecule has 0 radical (unpaired) electrons. The zero-order valence-corrected chi connectivity index (χ0v) is 11.1. The van der Waals surface area contributed by atoms with Crippen molar-refractivity contribution in [2.24, 2.45) is 5.92 Å². The van der Waals surface area contributed by atoms with Crippen molar-refractivity contribution in [3.05, 3.63) is 33.8 Å². The van der Waals surface area contributed by atoms with E-state index in [0.29, 0.717) is 28.1 Å². The van der Waals surface area contributed by atoms with Gasteiger partial charge in [0.25, 0.3) is 5.91 Å². The number of carbonyl (C=O) groups excluding carboxylic acids is 1. The molecule has 88 valence electrons. The molecule has 0 bridgehead atoms. The number of hydrogen-bond acceptors (Lipinski definition) is 1. The SMILES string of the molecule is CC(C)CN(C)C(=O)c1cccc(Cl)c1Cl. The van der Waals surface area contributed by atoms with E-state index in [4.69, 9.17) is 23.2 Å². The van der Waals surface area contributed by atoms with E-state index in [1.807, 2.05) is 0 Å². The van der Waals surface area contributed by atoms with Crippen LogP contribution in [0.15, 0.2) is 18.2 Å². The van der Waals surface area contributed by atoms with Crippen LogP contribution in [0.3, 0.4) is 0 Å². The van der Waals surface area contributed by atoms with E-state index in [9.17, 15) is 4.79 Å². The Hall–Kier alpha value is -0.730. The molecule has 0 N–H and O–H groups in total. The summed E-state index contributed by atoms with van der Waals surface area (Å²) in [5.74, 6) is 0.327. The van der Waals surface area contributed by atoms with E-state index in [-0.39, 0.29) is 5.91 Å². The van der Waals surface area contributed by atoms with Gasteiger partial charge in [-0.05, 0) is 18.1 Å². The van der Waals surface area contributed by atoms with Gasteiger partial charge in [0, 0.05) is 13.6 Å². The lowest BCUT2D eigenvalue weighted by atomic mass is 10.1. The maximum absolute atomic E-state index is 12.0. The van der Waals surface area contributed by atoms with Gasteiger partial charge >= 0.3 is 0 Å². The van der Waals surface area contributed by atoms with Gasteiger partial charge in [-0.25, -0.2) is 0 Å². The highest BCUT2D eigenvalue weighted by molar-refractivity contribution is 6.43. The average molecular weight is 260 g/mol. The summed E-state index contributed by atoms with van der Waals surface area (Å²) in [6, 6.07) is 5.08. The van der Waals surface area contributed by atoms with Crippen LogP contribution in [-0.2, 0) is 0 Å². The average Bonchev–Trinajstić information content (AvgIpc) is 2.20. The Morgan fingerprint density at radius 2 is 2.00 bits per heavy atom. The quantitative estimate of drug-likeness (QED) is 0.811. The van der Waals surface area contributed by atoms with E-state index < -0.39 is 0 Å². The molecule has 1 rings (SSSR count). The summed E-state index contributed by atoms with van der Waals surface area (Å²) in [5.41, 5.74) is 0.456. The number of nitrogens with zero attached hydrogens (tertiary/aromatic N) is 1. The molecular weight excluding hydrogens is 245 g/mol. The molecule has 0 saturated heterocycles. The fourth-order valence-electron chi connectivity index (χ4n) is 1.51. The number of amides is 1. The Morgan fingerprint density at radius 3 is 2.56 bits per heavy atom. The first-order chi connectivity index (χ1) is 7.43. The van der Waals surface area contributed by atoms with E-state index in [2.05, 4.69) is 13.8 Å². The van der Waals surface area contributed by atoms with Crippen LogP contribution in [0.25, 0.3) is 0 Å². The molecule has 0 fully saturated rings. The molecule has 0 unspecified atom stereocenters. The minimum Gasteiger partial charge on any atom is -0.341 e. The topological polar surface area (TPSA) is 20.3 Å². The van der Waals surface area contributed by atoms with Crippen molar-refractivity contribution in [2.45, 2.75) is 13.8 Å². The van der Waals surface area contributed by atoms with Crippen LogP contribution in [0.2, 0.25) is 10.0 Å². The summed E-state index contributed by atoms with van der Waals surface area (Å²) in [6.45, 7) is 4.81. The first-order valence-corrected chi connectivity index (χ1v) is 5.88. The first kappa shape index (κ1) is 13.3. The first-order valence-electron chi connectivity index (χ1n) is 5.13. The number of halogens is 2. The van der Waals surface area contributed by atoms with Crippen LogP contribution in [0.1, 0.15) is 24.2 Å². The predicted molar refractivity (Wildman–Crippen MR) is 68.3 cm³/mol. The minimum absolute atomic E-state index is 0.0961. The molecule has 1 aromatic carbocycles. The van der Waals surface area contributed by atoms with Crippen molar-refractivity contribution in [2.75, 3.05) is 13.6 Å². The van der Waals surface area contributed by atoms with Crippen LogP contribution in [-0.4, -0.2) is 24.4 Å². The van der Waals surface area contributed by atoms with Gasteiger partial charge in [-0.2, -0.15) is 0 Å². The molecule has 0 atom stereocenters. The van der Waals surface area contributed by atoms with Gasteiger partial charge in [0.1, 0.15) is 0 Å². The zero-order valence-electron chi connectivity index (χ0n) is 9.63. The van der Waals surface area contributed by atoms with Crippen LogP contribution in [0.5, 0.6) is 0 Å². The third-order valence-corrected chi connectivity index (χ3v) is 2.99. The van der Waals surface area contributed by atoms with Crippen LogP contribution in [0.4, 0.5) is 0 Å². The number of rotatable bonds is 3. The fourth-order valence-corrected chi connectivity index (χ4v) is 1.89. The lowest BCUT2D eigenvalue weighted by molar-refractivity contribution is 0.0779. The van der Waals surface area contributed by atoms with Crippen molar-refractivity contribution >= 4 is 29.1 Å². The minimum atomic E-state index is -0.0961. The standard InChI is InChI=1S/C12H15Cl2NO/c1-8(2)7-15(3)12(16)9-5-4-6-10(13)11(9)14/h4-6,8H,7H2,1-3H3. The van der Waals surface area contributed by atoms with Gasteiger partial charge in [-0.15, -0.1) is 0 Å². The van der Waals surface area contributed by atoms with Gasteiger partial charge in [0.15, 0.2) is 0 Å². The van der Waals surface area contributed by atoms with Crippen molar-refractivity contribution in [3.8, 4) is 0 Å². The number of benzene rings is 1. The van der Waals surface area contributed by atoms with Crippen LogP contribution < -0.4 is 0 Å². The van der Waals surface area contributed by atoms with Crippen molar-refractivity contribution in [1.82, 2.24) is 4.90 Å². The van der Waals surface area contributed by atoms with Gasteiger partial charge < -0.3 is 4.90 Å². The largest absolute Gasteiger partial charge is 0.341 e. The molecule has 4 heteroatoms. The molecule has 0 saturated carbocycles. The molecule has 0 spiro atoms. The summed E-state index contributed by atoms with van der Waals surface area (Å²) >= 11 is 11.9. The Balaban J connectivity index is 2.92. The Morgan fingerprint density at radius 1 is 1.38 bits per heavy atom. The van der Waals surface area contributed by atoms with Crippen molar-refractivity contribution < 1.29 is 4.79 Å². The summed E-state index contributed by atoms with van der Waals surface area (Å²) in [7, 11) is 1.76. The Labute approximate surface area is 106 Å². The molecule has 0 aliphatic carbocycles. The monoisotopic (exact) mass is 259 g/mol. The predicted octanol–water partition coefficient (Wildman–Crippen LogP) is 3.72. The van der Waals surface area contributed by atoms with Gasteiger partial charge in [-0.3, -0.25) is 4.79 Å². The summed E-state index contributed by atoms with van der Waals surface area (Å²) < 4.78 is 0. The molecule has 2 nitrogen and oxygen atoms in total. The van der Waals surface area contributed by atoms with Crippen molar-refractivity contribution in [3.63, 3.8) is 0 Å². The summed E-state index contributed by atoms with van der Waals surface area (Å²) in [4.78, 5) is 13.7. The van der Waals surface area contributed by atoms with Gasteiger partial charge in [0.2, 0.25) is 0 Å². The van der Waals surface area contributed by atoms with Gasteiger partial charge in [0.05, 0.1) is 15.6 Å². The molecule has 0 aliphatic rings. The fraction of sp³-hybridized carbons (Fsp3) is 0.417. The second-order valence-corrected chi connectivity index (χ2v) is 4.97. The molecular formula is C12H15Cl2NO. The summed E-state index contributed by atoms with van der Waals surface area (Å²) in [5, 5.41) is 0.732. The van der Waals surface area contributed by atoms with E-state index in [1.165, 1.54) is 0 Å². The molecule has 16 heavy (non-hydrogen) atoms. The third kappa shape index (κ3) is 3.13. The second-order valence-electron chi connectivity index (χ2n) is 4.18. The molecule has 0 aromatic heterocycles. The highest BCUT2D eigenvalue weighted by Crippen LogP contribution is 2.26. The number of hydrogen-bond donors (Lipinski definition) is 0. The maximum Gasteiger partial charge on any atom is 0.255 e. The smallest absolute Gasteiger partial charge is 0.255 e. The molecule has 0 heterocycles. The van der Waals surface area contributed by atoms with Crippen LogP contribution in [0, 0.1) is 5.92 Å². The van der Waals surface area contributed by atoms with Crippen molar-refractivity contribution in [1.29, 1.82) is 0 Å². The van der Waals surface area contributed by atoms with E-state index in [0.717, 1.165) is 0 Å². The highest BCUT2D eigenvalue weighted by Gasteiger charge is 2.17. The van der Waals surface area contributed by atoms with Gasteiger partial charge in [-0.1, -0.05) is 43.1 Å². The lowest BCUT2D eigenvalue weighted by Gasteiger charge is -2.20.